The van der Waals surface area contributed by atoms with Crippen molar-refractivity contribution in [3.8, 4) is 11.6 Å². The number of pyridine rings is 1. The first-order valence-corrected chi connectivity index (χ1v) is 8.85. The van der Waals surface area contributed by atoms with Gasteiger partial charge in [0.05, 0.1) is 12.1 Å². The van der Waals surface area contributed by atoms with Crippen molar-refractivity contribution in [1.82, 2.24) is 10.3 Å². The van der Waals surface area contributed by atoms with E-state index in [1.165, 1.54) is 31.5 Å². The van der Waals surface area contributed by atoms with Gasteiger partial charge >= 0.3 is 5.97 Å². The van der Waals surface area contributed by atoms with Crippen molar-refractivity contribution < 1.29 is 24.2 Å². The zero-order valence-corrected chi connectivity index (χ0v) is 15.4. The molecule has 1 aliphatic carbocycles. The molecule has 0 spiro atoms. The molecule has 1 heterocycles. The highest BCUT2D eigenvalue weighted by Crippen LogP contribution is 2.28. The summed E-state index contributed by atoms with van der Waals surface area (Å²) in [5, 5.41) is 12.3. The van der Waals surface area contributed by atoms with E-state index in [2.05, 4.69) is 10.3 Å². The minimum Gasteiger partial charge on any atom is -0.495 e. The second-order valence-corrected chi connectivity index (χ2v) is 6.60. The SMILES string of the molecule is COc1ccc(C(NC(=O)c2ccnc(OC3CCC3)c2)C(=O)O)cc1Cl. The van der Waals surface area contributed by atoms with Crippen LogP contribution < -0.4 is 14.8 Å². The Morgan fingerprint density at radius 1 is 1.30 bits per heavy atom. The molecule has 3 rings (SSSR count). The molecule has 1 aliphatic rings. The van der Waals surface area contributed by atoms with E-state index in [9.17, 15) is 14.7 Å². The van der Waals surface area contributed by atoms with Crippen LogP contribution >= 0.6 is 11.6 Å². The molecular weight excluding hydrogens is 372 g/mol. The number of ether oxygens (including phenoxy) is 2. The van der Waals surface area contributed by atoms with Crippen LogP contribution in [0.2, 0.25) is 5.02 Å². The smallest absolute Gasteiger partial charge is 0.330 e. The van der Waals surface area contributed by atoms with Gasteiger partial charge in [0.15, 0.2) is 6.04 Å². The van der Waals surface area contributed by atoms with Gasteiger partial charge in [-0.25, -0.2) is 9.78 Å². The highest BCUT2D eigenvalue weighted by molar-refractivity contribution is 6.32. The number of aliphatic carboxylic acids is 1. The van der Waals surface area contributed by atoms with Crippen molar-refractivity contribution in [2.45, 2.75) is 31.4 Å². The molecule has 1 unspecified atom stereocenters. The molecule has 27 heavy (non-hydrogen) atoms. The van der Waals surface area contributed by atoms with Crippen LogP contribution in [0.5, 0.6) is 11.6 Å². The van der Waals surface area contributed by atoms with E-state index in [1.807, 2.05) is 0 Å². The fraction of sp³-hybridized carbons (Fsp3) is 0.316. The third-order valence-corrected chi connectivity index (χ3v) is 4.66. The summed E-state index contributed by atoms with van der Waals surface area (Å²) in [5.74, 6) is -0.978. The lowest BCUT2D eigenvalue weighted by Crippen LogP contribution is -2.34. The number of amides is 1. The van der Waals surface area contributed by atoms with Crippen LogP contribution in [0.3, 0.4) is 0 Å². The number of hydrogen-bond acceptors (Lipinski definition) is 5. The molecule has 2 N–H and O–H groups in total. The van der Waals surface area contributed by atoms with Gasteiger partial charge in [0.25, 0.3) is 5.91 Å². The summed E-state index contributed by atoms with van der Waals surface area (Å²) in [5.41, 5.74) is 0.604. The van der Waals surface area contributed by atoms with Crippen LogP contribution in [0.25, 0.3) is 0 Å². The van der Waals surface area contributed by atoms with Crippen molar-refractivity contribution in [3.63, 3.8) is 0 Å². The van der Waals surface area contributed by atoms with Crippen LogP contribution in [-0.2, 0) is 4.79 Å². The first-order chi connectivity index (χ1) is 13.0. The van der Waals surface area contributed by atoms with Gasteiger partial charge < -0.3 is 19.9 Å². The number of nitrogens with one attached hydrogen (secondary N) is 1. The van der Waals surface area contributed by atoms with Crippen LogP contribution in [0.4, 0.5) is 0 Å². The topological polar surface area (TPSA) is 97.8 Å². The quantitative estimate of drug-likeness (QED) is 0.753. The van der Waals surface area contributed by atoms with E-state index in [0.717, 1.165) is 19.3 Å². The van der Waals surface area contributed by atoms with Crippen LogP contribution in [0.1, 0.15) is 41.2 Å². The lowest BCUT2D eigenvalue weighted by molar-refractivity contribution is -0.139. The van der Waals surface area contributed by atoms with Gasteiger partial charge in [-0.3, -0.25) is 4.79 Å². The van der Waals surface area contributed by atoms with Crippen LogP contribution in [-0.4, -0.2) is 35.2 Å². The number of halogens is 1. The van der Waals surface area contributed by atoms with E-state index in [4.69, 9.17) is 21.1 Å². The maximum absolute atomic E-state index is 12.5. The number of carbonyl (C=O) groups excluding carboxylic acids is 1. The molecule has 7 nitrogen and oxygen atoms in total. The average Bonchev–Trinajstić information content (AvgIpc) is 2.62. The molecule has 1 aromatic carbocycles. The maximum atomic E-state index is 12.5. The second kappa shape index (κ2) is 8.26. The molecule has 1 amide bonds. The Morgan fingerprint density at radius 3 is 2.67 bits per heavy atom. The average molecular weight is 391 g/mol. The van der Waals surface area contributed by atoms with E-state index in [0.29, 0.717) is 17.2 Å². The largest absolute Gasteiger partial charge is 0.495 e. The van der Waals surface area contributed by atoms with Gasteiger partial charge in [-0.15, -0.1) is 0 Å². The standard InChI is InChI=1S/C19H19ClN2O5/c1-26-15-6-5-11(9-14(15)20)17(19(24)25)22-18(23)12-7-8-21-16(10-12)27-13-3-2-4-13/h5-10,13,17H,2-4H2,1H3,(H,22,23)(H,24,25). The Kier molecular flexibility index (Phi) is 5.81. The minimum absolute atomic E-state index is 0.129. The molecule has 1 fully saturated rings. The van der Waals surface area contributed by atoms with Crippen molar-refractivity contribution in [2.75, 3.05) is 7.11 Å². The van der Waals surface area contributed by atoms with Gasteiger partial charge in [-0.2, -0.15) is 0 Å². The zero-order valence-electron chi connectivity index (χ0n) is 14.6. The highest BCUT2D eigenvalue weighted by atomic mass is 35.5. The molecule has 0 radical (unpaired) electrons. The summed E-state index contributed by atoms with van der Waals surface area (Å²) in [6, 6.07) is 6.30. The molecule has 8 heteroatoms. The number of rotatable bonds is 7. The van der Waals surface area contributed by atoms with Crippen LogP contribution in [0.15, 0.2) is 36.5 Å². The molecule has 1 aromatic heterocycles. The van der Waals surface area contributed by atoms with E-state index >= 15 is 0 Å². The third-order valence-electron chi connectivity index (χ3n) is 4.37. The molecule has 0 bridgehead atoms. The maximum Gasteiger partial charge on any atom is 0.330 e. The Morgan fingerprint density at radius 2 is 2.07 bits per heavy atom. The molecule has 1 atom stereocenters. The fourth-order valence-electron chi connectivity index (χ4n) is 2.64. The Hall–Kier alpha value is -2.80. The van der Waals surface area contributed by atoms with E-state index < -0.39 is 17.9 Å². The summed E-state index contributed by atoms with van der Waals surface area (Å²) in [4.78, 5) is 28.3. The van der Waals surface area contributed by atoms with Gasteiger partial charge in [0.2, 0.25) is 5.88 Å². The molecule has 142 valence electrons. The third kappa shape index (κ3) is 4.49. The number of carboxylic acids is 1. The van der Waals surface area contributed by atoms with E-state index in [-0.39, 0.29) is 16.7 Å². The highest BCUT2D eigenvalue weighted by Gasteiger charge is 2.25. The number of methoxy groups -OCH3 is 1. The van der Waals surface area contributed by atoms with Crippen molar-refractivity contribution in [2.24, 2.45) is 0 Å². The number of nitrogens with zero attached hydrogens (tertiary/aromatic N) is 1. The normalized spacial score (nSPS) is 14.7. The van der Waals surface area contributed by atoms with Crippen molar-refractivity contribution >= 4 is 23.5 Å². The van der Waals surface area contributed by atoms with Gasteiger partial charge in [-0.1, -0.05) is 17.7 Å². The fourth-order valence-corrected chi connectivity index (χ4v) is 2.90. The second-order valence-electron chi connectivity index (χ2n) is 6.19. The van der Waals surface area contributed by atoms with Crippen molar-refractivity contribution in [1.29, 1.82) is 0 Å². The number of carboxylic acid groups (broad SMARTS) is 1. The first kappa shape index (κ1) is 19.0. The Bertz CT molecular complexity index is 854. The lowest BCUT2D eigenvalue weighted by atomic mass is 9.96. The first-order valence-electron chi connectivity index (χ1n) is 8.47. The summed E-state index contributed by atoms with van der Waals surface area (Å²) in [6.45, 7) is 0. The molecule has 0 aliphatic heterocycles. The number of hydrogen-bond donors (Lipinski definition) is 2. The van der Waals surface area contributed by atoms with E-state index in [1.54, 1.807) is 12.1 Å². The van der Waals surface area contributed by atoms with Crippen molar-refractivity contribution in [3.05, 3.63) is 52.7 Å². The number of carbonyl (C=O) groups is 2. The van der Waals surface area contributed by atoms with Gasteiger partial charge in [-0.05, 0) is 43.0 Å². The predicted octanol–water partition coefficient (Wildman–Crippen LogP) is 3.23. The number of aromatic nitrogens is 1. The monoisotopic (exact) mass is 390 g/mol. The van der Waals surface area contributed by atoms with Crippen LogP contribution in [0, 0.1) is 0 Å². The van der Waals surface area contributed by atoms with Gasteiger partial charge in [0.1, 0.15) is 11.9 Å². The summed E-state index contributed by atoms with van der Waals surface area (Å²) < 4.78 is 10.7. The minimum atomic E-state index is -1.26. The molecule has 1 saturated carbocycles. The molecular formula is C19H19ClN2O5. The lowest BCUT2D eigenvalue weighted by Gasteiger charge is -2.25. The zero-order chi connectivity index (χ0) is 19.4. The number of benzene rings is 1. The summed E-state index contributed by atoms with van der Waals surface area (Å²) >= 11 is 6.06. The van der Waals surface area contributed by atoms with Gasteiger partial charge in [0, 0.05) is 17.8 Å². The predicted molar refractivity (Wildman–Crippen MR) is 98.4 cm³/mol. The molecule has 2 aromatic rings. The summed E-state index contributed by atoms with van der Waals surface area (Å²) in [6.07, 6.45) is 4.65. The molecule has 0 saturated heterocycles. The summed E-state index contributed by atoms with van der Waals surface area (Å²) in [7, 11) is 1.46. The Balaban J connectivity index is 1.76. The Labute approximate surface area is 161 Å².